The predicted molar refractivity (Wildman–Crippen MR) is 184 cm³/mol. The van der Waals surface area contributed by atoms with E-state index in [9.17, 15) is 9.59 Å². The van der Waals surface area contributed by atoms with Crippen LogP contribution < -0.4 is 0 Å². The van der Waals surface area contributed by atoms with E-state index in [4.69, 9.17) is 0 Å². The van der Waals surface area contributed by atoms with Crippen LogP contribution in [0.1, 0.15) is 157 Å². The first-order valence-corrected chi connectivity index (χ1v) is 16.1. The van der Waals surface area contributed by atoms with Gasteiger partial charge in [0.2, 0.25) is 0 Å². The minimum atomic E-state index is 0.0572. The van der Waals surface area contributed by atoms with E-state index in [0.717, 1.165) is 24.0 Å². The van der Waals surface area contributed by atoms with Crippen molar-refractivity contribution in [2.45, 2.75) is 158 Å². The number of carbonyl (C=O) groups is 2. The Kier molecular flexibility index (Phi) is 13.1. The monoisotopic (exact) mass is 576 g/mol. The van der Waals surface area contributed by atoms with Crippen molar-refractivity contribution in [1.29, 1.82) is 0 Å². The van der Waals surface area contributed by atoms with Gasteiger partial charge in [0, 0.05) is 25.7 Å². The lowest BCUT2D eigenvalue weighted by Gasteiger charge is -2.26. The molecule has 0 saturated heterocycles. The van der Waals surface area contributed by atoms with Crippen LogP contribution in [0.4, 0.5) is 0 Å². The summed E-state index contributed by atoms with van der Waals surface area (Å²) in [5.41, 5.74) is 7.71. The van der Waals surface area contributed by atoms with Crippen LogP contribution in [0, 0.1) is 11.8 Å². The van der Waals surface area contributed by atoms with Crippen LogP contribution in [0.5, 0.6) is 0 Å². The number of Topliss-reactive ketones (excluding diaryl/α,β-unsaturated/α-hetero) is 2. The molecule has 0 aliphatic carbocycles. The highest BCUT2D eigenvalue weighted by molar-refractivity contribution is 5.83. The molecule has 2 rings (SSSR count). The molecule has 0 bridgehead atoms. The fraction of sp³-hybridized carbons (Fsp3) is 0.650. The lowest BCUT2D eigenvalue weighted by molar-refractivity contribution is -0.120. The second-order valence-corrected chi connectivity index (χ2v) is 17.5. The van der Waals surface area contributed by atoms with E-state index in [-0.39, 0.29) is 27.4 Å². The molecule has 2 heteroatoms. The van der Waals surface area contributed by atoms with Gasteiger partial charge < -0.3 is 0 Å². The molecular weight excluding hydrogens is 512 g/mol. The third-order valence-electron chi connectivity index (χ3n) is 7.52. The van der Waals surface area contributed by atoms with Gasteiger partial charge >= 0.3 is 0 Å². The molecule has 0 atom stereocenters. The topological polar surface area (TPSA) is 34.1 Å². The highest BCUT2D eigenvalue weighted by atomic mass is 16.1. The Labute approximate surface area is 260 Å². The molecular formula is C40H64O2. The summed E-state index contributed by atoms with van der Waals surface area (Å²) in [6, 6.07) is 13.6. The van der Waals surface area contributed by atoms with E-state index < -0.39 is 0 Å². The number of rotatable bonds is 8. The molecule has 0 amide bonds. The van der Waals surface area contributed by atoms with Crippen LogP contribution >= 0.6 is 0 Å². The molecule has 2 nitrogen and oxygen atoms in total. The van der Waals surface area contributed by atoms with Crippen molar-refractivity contribution in [2.24, 2.45) is 11.8 Å². The summed E-state index contributed by atoms with van der Waals surface area (Å²) in [7, 11) is 0. The molecule has 2 aromatic rings. The van der Waals surface area contributed by atoms with E-state index in [0.29, 0.717) is 30.5 Å². The third-order valence-corrected chi connectivity index (χ3v) is 7.52. The van der Waals surface area contributed by atoms with Gasteiger partial charge in [-0.1, -0.05) is 147 Å². The Hall–Kier alpha value is -2.22. The fourth-order valence-electron chi connectivity index (χ4n) is 4.83. The van der Waals surface area contributed by atoms with E-state index in [1.807, 2.05) is 0 Å². The minimum absolute atomic E-state index is 0.0572. The van der Waals surface area contributed by atoms with Gasteiger partial charge in [-0.2, -0.15) is 0 Å². The molecule has 0 aliphatic heterocycles. The summed E-state index contributed by atoms with van der Waals surface area (Å²) in [5.74, 6) is 1.73. The average Bonchev–Trinajstić information content (AvgIpc) is 2.75. The van der Waals surface area contributed by atoms with Gasteiger partial charge in [-0.15, -0.1) is 0 Å². The number of ketones is 2. The van der Waals surface area contributed by atoms with Crippen molar-refractivity contribution in [3.05, 3.63) is 69.8 Å². The highest BCUT2D eigenvalue weighted by Gasteiger charge is 2.23. The normalized spacial score (nSPS) is 12.8. The molecule has 0 heterocycles. The summed E-state index contributed by atoms with van der Waals surface area (Å²) in [4.78, 5) is 24.3. The SMILES string of the molecule is CC(C)(C)c1cc(CC(=O)Cc2cc(C(C)(C)C)cc(C(C)(C)C)c2)cc(C(C)(C)C)c1.CC(C)CC(=O)CC(C)C. The fourth-order valence-corrected chi connectivity index (χ4v) is 4.83. The van der Waals surface area contributed by atoms with Gasteiger partial charge in [0.15, 0.2) is 0 Å². The van der Waals surface area contributed by atoms with Gasteiger partial charge in [0.25, 0.3) is 0 Å². The van der Waals surface area contributed by atoms with Crippen LogP contribution in [-0.2, 0) is 44.1 Å². The minimum Gasteiger partial charge on any atom is -0.300 e. The van der Waals surface area contributed by atoms with E-state index in [1.54, 1.807) is 0 Å². The zero-order valence-electron chi connectivity index (χ0n) is 30.3. The van der Waals surface area contributed by atoms with Gasteiger partial charge in [-0.05, 0) is 66.9 Å². The number of hydrogen-bond acceptors (Lipinski definition) is 2. The summed E-state index contributed by atoms with van der Waals surface area (Å²) < 4.78 is 0. The van der Waals surface area contributed by atoms with Crippen LogP contribution in [-0.4, -0.2) is 11.6 Å². The maximum Gasteiger partial charge on any atom is 0.141 e. The van der Waals surface area contributed by atoms with Crippen molar-refractivity contribution in [3.63, 3.8) is 0 Å². The predicted octanol–water partition coefficient (Wildman–Crippen LogP) is 10.9. The van der Waals surface area contributed by atoms with Crippen molar-refractivity contribution in [2.75, 3.05) is 0 Å². The molecule has 0 aliphatic rings. The molecule has 0 spiro atoms. The molecule has 236 valence electrons. The van der Waals surface area contributed by atoms with Gasteiger partial charge in [-0.25, -0.2) is 0 Å². The van der Waals surface area contributed by atoms with Crippen molar-refractivity contribution in [3.8, 4) is 0 Å². The molecule has 0 fully saturated rings. The Bertz CT molecular complexity index is 1030. The molecule has 0 unspecified atom stereocenters. The molecule has 42 heavy (non-hydrogen) atoms. The first-order chi connectivity index (χ1) is 18.8. The van der Waals surface area contributed by atoms with Crippen LogP contribution in [0.25, 0.3) is 0 Å². The number of carbonyl (C=O) groups excluding carboxylic acids is 2. The average molecular weight is 577 g/mol. The van der Waals surface area contributed by atoms with Crippen LogP contribution in [0.3, 0.4) is 0 Å². The van der Waals surface area contributed by atoms with E-state index in [2.05, 4.69) is 147 Å². The second-order valence-electron chi connectivity index (χ2n) is 17.5. The highest BCUT2D eigenvalue weighted by Crippen LogP contribution is 2.32. The first kappa shape index (κ1) is 37.8. The molecule has 0 radical (unpaired) electrons. The summed E-state index contributed by atoms with van der Waals surface area (Å²) in [5, 5.41) is 0. The van der Waals surface area contributed by atoms with E-state index >= 15 is 0 Å². The van der Waals surface area contributed by atoms with Gasteiger partial charge in [0.1, 0.15) is 11.6 Å². The number of benzene rings is 2. The molecule has 2 aromatic carbocycles. The Morgan fingerprint density at radius 2 is 0.690 bits per heavy atom. The maximum absolute atomic E-state index is 13.2. The second kappa shape index (κ2) is 14.5. The Balaban J connectivity index is 0.000000752. The standard InChI is InChI=1S/C31H46O.C9H18O/c1-28(2,3)23-13-21(14-24(19-23)29(4,5)6)17-27(32)18-22-15-25(30(7,8)9)20-26(16-22)31(10,11)12;1-7(2)5-9(10)6-8(3)4/h13-16,19-20H,17-18H2,1-12H3;7-8H,5-6H2,1-4H3. The van der Waals surface area contributed by atoms with Gasteiger partial charge in [0.05, 0.1) is 0 Å². The van der Waals surface area contributed by atoms with E-state index in [1.165, 1.54) is 22.3 Å². The first-order valence-electron chi connectivity index (χ1n) is 16.1. The third kappa shape index (κ3) is 13.4. The van der Waals surface area contributed by atoms with Crippen molar-refractivity contribution < 1.29 is 9.59 Å². The zero-order chi connectivity index (χ0) is 32.8. The Morgan fingerprint density at radius 3 is 0.881 bits per heavy atom. The Morgan fingerprint density at radius 1 is 0.452 bits per heavy atom. The van der Waals surface area contributed by atoms with Crippen molar-refractivity contribution >= 4 is 11.6 Å². The molecule has 0 saturated carbocycles. The van der Waals surface area contributed by atoms with Crippen LogP contribution in [0.15, 0.2) is 36.4 Å². The summed E-state index contributed by atoms with van der Waals surface area (Å²) >= 11 is 0. The van der Waals surface area contributed by atoms with Gasteiger partial charge in [-0.3, -0.25) is 9.59 Å². The smallest absolute Gasteiger partial charge is 0.141 e. The quantitative estimate of drug-likeness (QED) is 0.313. The maximum atomic E-state index is 13.2. The summed E-state index contributed by atoms with van der Waals surface area (Å²) in [6.07, 6.45) is 2.46. The molecule has 0 N–H and O–H groups in total. The lowest BCUT2D eigenvalue weighted by atomic mass is 9.78. The number of hydrogen-bond donors (Lipinski definition) is 0. The largest absolute Gasteiger partial charge is 0.300 e. The molecule has 0 aromatic heterocycles. The summed E-state index contributed by atoms with van der Waals surface area (Å²) in [6.45, 7) is 35.2. The van der Waals surface area contributed by atoms with Crippen LogP contribution in [0.2, 0.25) is 0 Å². The van der Waals surface area contributed by atoms with Crippen molar-refractivity contribution in [1.82, 2.24) is 0 Å². The zero-order valence-corrected chi connectivity index (χ0v) is 30.3. The lowest BCUT2D eigenvalue weighted by Crippen LogP contribution is -2.19.